The van der Waals surface area contributed by atoms with Crippen LogP contribution in [-0.2, 0) is 4.79 Å². The van der Waals surface area contributed by atoms with Crippen LogP contribution in [0.15, 0.2) is 12.1 Å². The second kappa shape index (κ2) is 4.42. The molecule has 1 rings (SSSR count). The van der Waals surface area contributed by atoms with Crippen LogP contribution in [-0.4, -0.2) is 16.3 Å². The van der Waals surface area contributed by atoms with E-state index in [1.165, 1.54) is 0 Å². The third-order valence-corrected chi connectivity index (χ3v) is 2.04. The Morgan fingerprint density at radius 3 is 2.64 bits per heavy atom. The Hall–Kier alpha value is -1.09. The number of halogens is 1. The van der Waals surface area contributed by atoms with Gasteiger partial charge in [0.05, 0.1) is 11.4 Å². The number of aromatic nitrogens is 1. The molecule has 0 fully saturated rings. The molecule has 1 N–H and O–H groups in total. The Labute approximate surface area is 88.5 Å². The van der Waals surface area contributed by atoms with E-state index < -0.39 is 5.38 Å². The molecule has 0 radical (unpaired) electrons. The third-order valence-electron chi connectivity index (χ3n) is 1.84. The van der Waals surface area contributed by atoms with Crippen molar-refractivity contribution in [1.82, 2.24) is 4.98 Å². The second-order valence-corrected chi connectivity index (χ2v) is 3.85. The van der Waals surface area contributed by atoms with E-state index in [0.717, 1.165) is 11.4 Å². The number of aryl methyl sites for hydroxylation is 2. The first-order valence-electron chi connectivity index (χ1n) is 4.40. The van der Waals surface area contributed by atoms with Gasteiger partial charge in [0.25, 0.3) is 0 Å². The molecule has 3 nitrogen and oxygen atoms in total. The van der Waals surface area contributed by atoms with Crippen LogP contribution in [0.4, 0.5) is 5.69 Å². The summed E-state index contributed by atoms with van der Waals surface area (Å²) in [4.78, 5) is 15.5. The highest BCUT2D eigenvalue weighted by atomic mass is 35.5. The number of alkyl halides is 1. The van der Waals surface area contributed by atoms with Gasteiger partial charge in [-0.2, -0.15) is 0 Å². The van der Waals surface area contributed by atoms with Crippen LogP contribution in [0.25, 0.3) is 0 Å². The van der Waals surface area contributed by atoms with E-state index in [-0.39, 0.29) is 5.91 Å². The molecule has 0 saturated carbocycles. The third kappa shape index (κ3) is 2.70. The zero-order valence-electron chi connectivity index (χ0n) is 8.47. The summed E-state index contributed by atoms with van der Waals surface area (Å²) in [7, 11) is 0. The van der Waals surface area contributed by atoms with E-state index in [1.807, 2.05) is 26.0 Å². The Balaban J connectivity index is 2.82. The summed E-state index contributed by atoms with van der Waals surface area (Å²) < 4.78 is 0. The normalized spacial score (nSPS) is 12.3. The predicted octanol–water partition coefficient (Wildman–Crippen LogP) is 2.26. The number of hydrogen-bond acceptors (Lipinski definition) is 2. The van der Waals surface area contributed by atoms with Gasteiger partial charge in [0.15, 0.2) is 0 Å². The fourth-order valence-electron chi connectivity index (χ4n) is 1.05. The zero-order chi connectivity index (χ0) is 10.7. The molecule has 0 bridgehead atoms. The monoisotopic (exact) mass is 212 g/mol. The number of carbonyl (C=O) groups is 1. The van der Waals surface area contributed by atoms with Gasteiger partial charge < -0.3 is 5.32 Å². The van der Waals surface area contributed by atoms with Crippen molar-refractivity contribution in [2.75, 3.05) is 5.32 Å². The number of anilines is 1. The van der Waals surface area contributed by atoms with Crippen LogP contribution < -0.4 is 5.32 Å². The fourth-order valence-corrected chi connectivity index (χ4v) is 1.11. The van der Waals surface area contributed by atoms with Gasteiger partial charge in [-0.3, -0.25) is 9.78 Å². The van der Waals surface area contributed by atoms with Crippen molar-refractivity contribution in [3.8, 4) is 0 Å². The van der Waals surface area contributed by atoms with Crippen molar-refractivity contribution in [1.29, 1.82) is 0 Å². The van der Waals surface area contributed by atoms with Gasteiger partial charge in [0.2, 0.25) is 5.91 Å². The molecule has 0 aliphatic carbocycles. The number of rotatable bonds is 2. The Morgan fingerprint density at radius 2 is 2.14 bits per heavy atom. The first-order chi connectivity index (χ1) is 6.50. The van der Waals surface area contributed by atoms with Crippen LogP contribution >= 0.6 is 11.6 Å². The fraction of sp³-hybridized carbons (Fsp3) is 0.400. The van der Waals surface area contributed by atoms with Crippen molar-refractivity contribution in [2.24, 2.45) is 0 Å². The maximum absolute atomic E-state index is 11.3. The average molecular weight is 213 g/mol. The number of pyridine rings is 1. The quantitative estimate of drug-likeness (QED) is 0.765. The molecule has 1 amide bonds. The highest BCUT2D eigenvalue weighted by molar-refractivity contribution is 6.32. The van der Waals surface area contributed by atoms with Crippen molar-refractivity contribution in [2.45, 2.75) is 26.1 Å². The molecular weight excluding hydrogens is 200 g/mol. The second-order valence-electron chi connectivity index (χ2n) is 3.19. The lowest BCUT2D eigenvalue weighted by molar-refractivity contribution is -0.115. The lowest BCUT2D eigenvalue weighted by atomic mass is 10.2. The molecule has 1 atom stereocenters. The lowest BCUT2D eigenvalue weighted by Crippen LogP contribution is -2.21. The molecule has 1 heterocycles. The number of carbonyl (C=O) groups excluding carboxylic acids is 1. The van der Waals surface area contributed by atoms with Gasteiger partial charge in [-0.25, -0.2) is 0 Å². The van der Waals surface area contributed by atoms with Crippen LogP contribution in [0.1, 0.15) is 18.3 Å². The molecule has 14 heavy (non-hydrogen) atoms. The Bertz CT molecular complexity index is 350. The van der Waals surface area contributed by atoms with Crippen LogP contribution in [0.2, 0.25) is 0 Å². The van der Waals surface area contributed by atoms with E-state index >= 15 is 0 Å². The van der Waals surface area contributed by atoms with Crippen molar-refractivity contribution in [3.63, 3.8) is 0 Å². The van der Waals surface area contributed by atoms with E-state index in [2.05, 4.69) is 10.3 Å². The van der Waals surface area contributed by atoms with Gasteiger partial charge in [0.1, 0.15) is 5.38 Å². The molecule has 76 valence electrons. The number of nitrogens with zero attached hydrogens (tertiary/aromatic N) is 1. The van der Waals surface area contributed by atoms with E-state index in [0.29, 0.717) is 5.69 Å². The molecule has 0 saturated heterocycles. The maximum Gasteiger partial charge on any atom is 0.242 e. The first-order valence-corrected chi connectivity index (χ1v) is 4.83. The summed E-state index contributed by atoms with van der Waals surface area (Å²) in [6.07, 6.45) is 0. The number of nitrogens with one attached hydrogen (secondary N) is 1. The minimum Gasteiger partial charge on any atom is -0.323 e. The zero-order valence-corrected chi connectivity index (χ0v) is 9.22. The minimum atomic E-state index is -0.532. The molecule has 0 aromatic carbocycles. The molecule has 0 spiro atoms. The van der Waals surface area contributed by atoms with E-state index in [4.69, 9.17) is 11.6 Å². The Kier molecular flexibility index (Phi) is 3.47. The van der Waals surface area contributed by atoms with Gasteiger partial charge in [-0.1, -0.05) is 0 Å². The van der Waals surface area contributed by atoms with Gasteiger partial charge in [0, 0.05) is 5.69 Å². The molecule has 0 aliphatic rings. The van der Waals surface area contributed by atoms with E-state index in [1.54, 1.807) is 6.92 Å². The SMILES string of the molecule is Cc1ccc(NC(=O)C(C)Cl)c(C)n1. The lowest BCUT2D eigenvalue weighted by Gasteiger charge is -2.08. The summed E-state index contributed by atoms with van der Waals surface area (Å²) >= 11 is 5.63. The molecule has 0 aliphatic heterocycles. The standard InChI is InChI=1S/C10H13ClN2O/c1-6-4-5-9(8(3)12-6)13-10(14)7(2)11/h4-5,7H,1-3H3,(H,13,14). The van der Waals surface area contributed by atoms with Crippen molar-refractivity contribution in [3.05, 3.63) is 23.5 Å². The molecular formula is C10H13ClN2O. The van der Waals surface area contributed by atoms with Crippen molar-refractivity contribution >= 4 is 23.2 Å². The summed E-state index contributed by atoms with van der Waals surface area (Å²) in [5.41, 5.74) is 2.45. The molecule has 4 heteroatoms. The summed E-state index contributed by atoms with van der Waals surface area (Å²) in [6, 6.07) is 3.68. The van der Waals surface area contributed by atoms with Crippen molar-refractivity contribution < 1.29 is 4.79 Å². The van der Waals surface area contributed by atoms with Gasteiger partial charge in [-0.05, 0) is 32.9 Å². The van der Waals surface area contributed by atoms with Crippen LogP contribution in [0.3, 0.4) is 0 Å². The summed E-state index contributed by atoms with van der Waals surface area (Å²) in [6.45, 7) is 5.39. The average Bonchev–Trinajstić information content (AvgIpc) is 2.09. The predicted molar refractivity (Wildman–Crippen MR) is 57.7 cm³/mol. The van der Waals surface area contributed by atoms with E-state index in [9.17, 15) is 4.79 Å². The molecule has 1 aromatic rings. The Morgan fingerprint density at radius 1 is 1.50 bits per heavy atom. The summed E-state index contributed by atoms with van der Waals surface area (Å²) in [5, 5.41) is 2.17. The highest BCUT2D eigenvalue weighted by Crippen LogP contribution is 2.13. The molecule has 1 aromatic heterocycles. The van der Waals surface area contributed by atoms with Crippen LogP contribution in [0.5, 0.6) is 0 Å². The van der Waals surface area contributed by atoms with Gasteiger partial charge >= 0.3 is 0 Å². The number of amides is 1. The number of hydrogen-bond donors (Lipinski definition) is 1. The first kappa shape index (κ1) is 11.0. The molecule has 1 unspecified atom stereocenters. The maximum atomic E-state index is 11.3. The van der Waals surface area contributed by atoms with Gasteiger partial charge in [-0.15, -0.1) is 11.6 Å². The highest BCUT2D eigenvalue weighted by Gasteiger charge is 2.10. The summed E-state index contributed by atoms with van der Waals surface area (Å²) in [5.74, 6) is -0.208. The largest absolute Gasteiger partial charge is 0.323 e. The minimum absolute atomic E-state index is 0.208. The topological polar surface area (TPSA) is 42.0 Å². The smallest absolute Gasteiger partial charge is 0.242 e. The van der Waals surface area contributed by atoms with Crippen LogP contribution in [0, 0.1) is 13.8 Å².